The number of nitrogens with zero attached hydrogens (tertiary/aromatic N) is 2. The van der Waals surface area contributed by atoms with Crippen LogP contribution in [0.4, 0.5) is 11.4 Å². The minimum absolute atomic E-state index is 0.00792. The zero-order valence-corrected chi connectivity index (χ0v) is 21.5. The van der Waals surface area contributed by atoms with Crippen LogP contribution in [0.3, 0.4) is 0 Å². The number of hydrogen-bond donors (Lipinski definition) is 1. The van der Waals surface area contributed by atoms with Crippen LogP contribution in [0.25, 0.3) is 0 Å². The SMILES string of the molecule is CC(C)(C)CC(=O)N1CCN(c2ccc(NS(=O)(=O)c3ccc(C(C)(C)C)cc3)cc2)CC1. The third-order valence-corrected chi connectivity index (χ3v) is 7.23. The number of amides is 1. The van der Waals surface area contributed by atoms with Crippen LogP contribution < -0.4 is 9.62 Å². The maximum Gasteiger partial charge on any atom is 0.261 e. The van der Waals surface area contributed by atoms with Gasteiger partial charge in [-0.15, -0.1) is 0 Å². The Bertz CT molecular complexity index is 1060. The summed E-state index contributed by atoms with van der Waals surface area (Å²) in [5.41, 5.74) is 2.60. The number of rotatable bonds is 5. The Hall–Kier alpha value is -2.54. The van der Waals surface area contributed by atoms with E-state index in [0.29, 0.717) is 25.2 Å². The molecule has 2 aromatic carbocycles. The van der Waals surface area contributed by atoms with Gasteiger partial charge in [0.2, 0.25) is 5.91 Å². The van der Waals surface area contributed by atoms with E-state index in [1.54, 1.807) is 24.3 Å². The molecule has 3 rings (SSSR count). The number of sulfonamides is 1. The smallest absolute Gasteiger partial charge is 0.261 e. The number of anilines is 2. The summed E-state index contributed by atoms with van der Waals surface area (Å²) in [6.45, 7) is 15.5. The molecule has 180 valence electrons. The summed E-state index contributed by atoms with van der Waals surface area (Å²) in [4.78, 5) is 16.9. The molecule has 1 N–H and O–H groups in total. The molecule has 1 aliphatic rings. The normalized spacial score (nSPS) is 15.5. The average Bonchev–Trinajstić information content (AvgIpc) is 2.72. The van der Waals surface area contributed by atoms with E-state index in [2.05, 4.69) is 51.2 Å². The third kappa shape index (κ3) is 6.73. The Morgan fingerprint density at radius 2 is 1.39 bits per heavy atom. The van der Waals surface area contributed by atoms with Crippen LogP contribution in [-0.2, 0) is 20.2 Å². The van der Waals surface area contributed by atoms with Crippen LogP contribution in [-0.4, -0.2) is 45.4 Å². The standard InChI is InChI=1S/C26H37N3O3S/c1-25(2,3)19-24(30)29-17-15-28(16-18-29)22-11-9-21(10-12-22)27-33(31,32)23-13-7-20(8-14-23)26(4,5)6/h7-14,27H,15-19H2,1-6H3. The zero-order valence-electron chi connectivity index (χ0n) is 20.7. The Balaban J connectivity index is 1.60. The number of carbonyl (C=O) groups excluding carboxylic acids is 1. The molecule has 0 saturated carbocycles. The molecular weight excluding hydrogens is 434 g/mol. The van der Waals surface area contributed by atoms with E-state index in [1.807, 2.05) is 29.2 Å². The van der Waals surface area contributed by atoms with Gasteiger partial charge in [-0.2, -0.15) is 0 Å². The fraction of sp³-hybridized carbons (Fsp3) is 0.500. The van der Waals surface area contributed by atoms with Crippen molar-refractivity contribution in [2.75, 3.05) is 35.8 Å². The van der Waals surface area contributed by atoms with E-state index in [0.717, 1.165) is 24.3 Å². The van der Waals surface area contributed by atoms with Crippen LogP contribution in [0.2, 0.25) is 0 Å². The van der Waals surface area contributed by atoms with E-state index >= 15 is 0 Å². The van der Waals surface area contributed by atoms with Gasteiger partial charge in [0.1, 0.15) is 0 Å². The molecule has 0 aromatic heterocycles. The lowest BCUT2D eigenvalue weighted by Crippen LogP contribution is -2.49. The highest BCUT2D eigenvalue weighted by atomic mass is 32.2. The number of piperazine rings is 1. The minimum atomic E-state index is -3.65. The summed E-state index contributed by atoms with van der Waals surface area (Å²) in [5, 5.41) is 0. The third-order valence-electron chi connectivity index (χ3n) is 5.83. The van der Waals surface area contributed by atoms with Gasteiger partial charge >= 0.3 is 0 Å². The van der Waals surface area contributed by atoms with Gasteiger partial charge in [-0.05, 0) is 52.8 Å². The first-order valence-electron chi connectivity index (χ1n) is 11.5. The van der Waals surface area contributed by atoms with Gasteiger partial charge in [0.05, 0.1) is 4.90 Å². The maximum absolute atomic E-state index is 12.8. The lowest BCUT2D eigenvalue weighted by molar-refractivity contribution is -0.133. The van der Waals surface area contributed by atoms with Gasteiger partial charge in [0, 0.05) is 44.0 Å². The van der Waals surface area contributed by atoms with Gasteiger partial charge < -0.3 is 9.80 Å². The van der Waals surface area contributed by atoms with Gasteiger partial charge in [-0.25, -0.2) is 8.42 Å². The predicted molar refractivity (Wildman–Crippen MR) is 135 cm³/mol. The van der Waals surface area contributed by atoms with Crippen molar-refractivity contribution in [3.05, 3.63) is 54.1 Å². The monoisotopic (exact) mass is 471 g/mol. The van der Waals surface area contributed by atoms with Crippen LogP contribution in [0, 0.1) is 5.41 Å². The van der Waals surface area contributed by atoms with Crippen molar-refractivity contribution in [1.82, 2.24) is 4.90 Å². The molecule has 1 fully saturated rings. The van der Waals surface area contributed by atoms with Crippen molar-refractivity contribution in [3.8, 4) is 0 Å². The Morgan fingerprint density at radius 1 is 0.848 bits per heavy atom. The molecule has 1 amide bonds. The highest BCUT2D eigenvalue weighted by Crippen LogP contribution is 2.26. The van der Waals surface area contributed by atoms with Crippen LogP contribution in [0.5, 0.6) is 0 Å². The largest absolute Gasteiger partial charge is 0.368 e. The molecule has 0 bridgehead atoms. The minimum Gasteiger partial charge on any atom is -0.368 e. The second-order valence-electron chi connectivity index (χ2n) is 11.0. The van der Waals surface area contributed by atoms with Crippen molar-refractivity contribution < 1.29 is 13.2 Å². The molecule has 1 saturated heterocycles. The van der Waals surface area contributed by atoms with Crippen molar-refractivity contribution in [3.63, 3.8) is 0 Å². The van der Waals surface area contributed by atoms with Crippen molar-refractivity contribution in [1.29, 1.82) is 0 Å². The van der Waals surface area contributed by atoms with Gasteiger partial charge in [-0.1, -0.05) is 53.7 Å². The first kappa shape index (κ1) is 25.1. The summed E-state index contributed by atoms with van der Waals surface area (Å²) in [7, 11) is -3.65. The zero-order chi connectivity index (χ0) is 24.4. The molecule has 1 aliphatic heterocycles. The molecule has 0 aliphatic carbocycles. The summed E-state index contributed by atoms with van der Waals surface area (Å²) in [6, 6.07) is 14.4. The molecule has 0 unspecified atom stereocenters. The summed E-state index contributed by atoms with van der Waals surface area (Å²) >= 11 is 0. The van der Waals surface area contributed by atoms with Gasteiger partial charge in [0.15, 0.2) is 0 Å². The molecule has 7 heteroatoms. The maximum atomic E-state index is 12.8. The second-order valence-corrected chi connectivity index (χ2v) is 12.7. The van der Waals surface area contributed by atoms with E-state index < -0.39 is 10.0 Å². The topological polar surface area (TPSA) is 69.7 Å². The Kier molecular flexibility index (Phi) is 7.13. The molecular formula is C26H37N3O3S. The molecule has 1 heterocycles. The Morgan fingerprint density at radius 3 is 1.88 bits per heavy atom. The number of carbonyl (C=O) groups is 1. The van der Waals surface area contributed by atoms with E-state index in [9.17, 15) is 13.2 Å². The second kappa shape index (κ2) is 9.37. The Labute approximate surface area is 199 Å². The van der Waals surface area contributed by atoms with Gasteiger partial charge in [0.25, 0.3) is 10.0 Å². The summed E-state index contributed by atoms with van der Waals surface area (Å²) in [5.74, 6) is 0.211. The fourth-order valence-electron chi connectivity index (χ4n) is 3.87. The summed E-state index contributed by atoms with van der Waals surface area (Å²) in [6.07, 6.45) is 0.556. The number of hydrogen-bond acceptors (Lipinski definition) is 4. The van der Waals surface area contributed by atoms with Crippen molar-refractivity contribution >= 4 is 27.3 Å². The van der Waals surface area contributed by atoms with Crippen LogP contribution in [0.1, 0.15) is 53.5 Å². The molecule has 33 heavy (non-hydrogen) atoms. The average molecular weight is 472 g/mol. The van der Waals surface area contributed by atoms with E-state index in [4.69, 9.17) is 0 Å². The highest BCUT2D eigenvalue weighted by Gasteiger charge is 2.25. The quantitative estimate of drug-likeness (QED) is 0.675. The first-order valence-corrected chi connectivity index (χ1v) is 13.0. The first-order chi connectivity index (χ1) is 15.2. The lowest BCUT2D eigenvalue weighted by Gasteiger charge is -2.37. The van der Waals surface area contributed by atoms with Crippen molar-refractivity contribution in [2.24, 2.45) is 5.41 Å². The van der Waals surface area contributed by atoms with Crippen LogP contribution in [0.15, 0.2) is 53.4 Å². The predicted octanol–water partition coefficient (Wildman–Crippen LogP) is 4.87. The highest BCUT2D eigenvalue weighted by molar-refractivity contribution is 7.92. The molecule has 2 aromatic rings. The number of benzene rings is 2. The molecule has 0 atom stereocenters. The molecule has 0 spiro atoms. The van der Waals surface area contributed by atoms with E-state index in [-0.39, 0.29) is 21.6 Å². The lowest BCUT2D eigenvalue weighted by atomic mass is 9.87. The molecule has 6 nitrogen and oxygen atoms in total. The van der Waals surface area contributed by atoms with Crippen molar-refractivity contribution in [2.45, 2.75) is 58.3 Å². The fourth-order valence-corrected chi connectivity index (χ4v) is 4.93. The van der Waals surface area contributed by atoms with Crippen LogP contribution >= 0.6 is 0 Å². The number of nitrogens with one attached hydrogen (secondary N) is 1. The molecule has 0 radical (unpaired) electrons. The summed E-state index contributed by atoms with van der Waals surface area (Å²) < 4.78 is 28.2. The van der Waals surface area contributed by atoms with E-state index in [1.165, 1.54) is 0 Å². The van der Waals surface area contributed by atoms with Gasteiger partial charge in [-0.3, -0.25) is 9.52 Å².